The Morgan fingerprint density at radius 1 is 0.717 bits per heavy atom. The first-order valence-electron chi connectivity index (χ1n) is 16.7. The van der Waals surface area contributed by atoms with Gasteiger partial charge in [-0.25, -0.2) is 9.97 Å². The van der Waals surface area contributed by atoms with Crippen molar-refractivity contribution in [3.8, 4) is 0 Å². The van der Waals surface area contributed by atoms with Crippen LogP contribution in [0.25, 0.3) is 20.4 Å². The zero-order valence-corrected chi connectivity index (χ0v) is 31.6. The average Bonchev–Trinajstić information content (AvgIpc) is 3.64. The molecule has 0 N–H and O–H groups in total. The number of likely N-dealkylation sites (tertiary alicyclic amines) is 2. The molecule has 248 valence electrons. The van der Waals surface area contributed by atoms with Gasteiger partial charge >= 0.3 is 7.12 Å². The molecule has 46 heavy (non-hydrogen) atoms. The van der Waals surface area contributed by atoms with E-state index in [1.807, 2.05) is 34.8 Å². The third-order valence-corrected chi connectivity index (χ3v) is 13.8. The maximum absolute atomic E-state index is 6.21. The van der Waals surface area contributed by atoms with E-state index in [0.717, 1.165) is 41.0 Å². The highest BCUT2D eigenvalue weighted by atomic mass is 35.5. The van der Waals surface area contributed by atoms with E-state index >= 15 is 0 Å². The molecule has 0 spiro atoms. The second kappa shape index (κ2) is 12.4. The molecule has 0 aliphatic carbocycles. The van der Waals surface area contributed by atoms with Crippen LogP contribution in [0.15, 0.2) is 36.4 Å². The molecule has 2 aromatic heterocycles. The van der Waals surface area contributed by atoms with E-state index in [-0.39, 0.29) is 29.4 Å². The smallest absolute Gasteiger partial charge is 0.399 e. The topological polar surface area (TPSA) is 50.7 Å². The maximum atomic E-state index is 6.21. The second-order valence-electron chi connectivity index (χ2n) is 15.9. The molecule has 5 heterocycles. The summed E-state index contributed by atoms with van der Waals surface area (Å²) >= 11 is 9.71. The van der Waals surface area contributed by atoms with Gasteiger partial charge in [0, 0.05) is 27.9 Å². The molecule has 4 aromatic rings. The SMILES string of the molecule is CN1CCC(c2nc3cc(B4OC(C)(C)C(C)(C)O4)ccc3s2)CC1(C)C.CN1CCC(c2nc3cc(Cl)ccc3s2)CC1(C)C. The van der Waals surface area contributed by atoms with Gasteiger partial charge in [0.2, 0.25) is 0 Å². The Labute approximate surface area is 289 Å². The molecule has 6 nitrogen and oxygen atoms in total. The van der Waals surface area contributed by atoms with E-state index in [9.17, 15) is 0 Å². The van der Waals surface area contributed by atoms with Crippen LogP contribution in [-0.4, -0.2) is 76.4 Å². The fourth-order valence-electron chi connectivity index (χ4n) is 6.80. The monoisotopic (exact) mass is 680 g/mol. The fraction of sp³-hybridized carbons (Fsp3) is 0.611. The lowest BCUT2D eigenvalue weighted by Gasteiger charge is -2.43. The molecule has 0 saturated carbocycles. The van der Waals surface area contributed by atoms with Crippen LogP contribution < -0.4 is 5.46 Å². The van der Waals surface area contributed by atoms with Crippen LogP contribution in [0, 0.1) is 0 Å². The van der Waals surface area contributed by atoms with E-state index in [2.05, 4.69) is 104 Å². The molecule has 3 fully saturated rings. The Hall–Kier alpha value is -1.59. The molecule has 2 atom stereocenters. The van der Waals surface area contributed by atoms with Crippen molar-refractivity contribution in [3.05, 3.63) is 51.4 Å². The van der Waals surface area contributed by atoms with E-state index in [4.69, 9.17) is 30.9 Å². The van der Waals surface area contributed by atoms with Crippen LogP contribution in [0.4, 0.5) is 0 Å². The first-order valence-corrected chi connectivity index (χ1v) is 18.7. The molecule has 3 aliphatic rings. The van der Waals surface area contributed by atoms with Crippen LogP contribution in [-0.2, 0) is 9.31 Å². The van der Waals surface area contributed by atoms with E-state index < -0.39 is 0 Å². The highest BCUT2D eigenvalue weighted by Gasteiger charge is 2.51. The van der Waals surface area contributed by atoms with Gasteiger partial charge in [0.15, 0.2) is 0 Å². The first kappa shape index (κ1) is 34.3. The minimum atomic E-state index is -0.327. The van der Waals surface area contributed by atoms with Crippen molar-refractivity contribution in [2.24, 2.45) is 0 Å². The lowest BCUT2D eigenvalue weighted by molar-refractivity contribution is 0.00578. The third kappa shape index (κ3) is 6.80. The number of halogens is 1. The van der Waals surface area contributed by atoms with Crippen molar-refractivity contribution in [2.45, 2.75) is 115 Å². The van der Waals surface area contributed by atoms with E-state index in [1.54, 1.807) is 0 Å². The number of thiazole rings is 2. The van der Waals surface area contributed by atoms with Crippen LogP contribution in [0.2, 0.25) is 5.02 Å². The Bertz CT molecular complexity index is 1700. The van der Waals surface area contributed by atoms with Crippen LogP contribution in [0.3, 0.4) is 0 Å². The van der Waals surface area contributed by atoms with E-state index in [0.29, 0.717) is 11.8 Å². The van der Waals surface area contributed by atoms with Gasteiger partial charge < -0.3 is 19.1 Å². The molecular formula is C36H50BClN4O2S2. The lowest BCUT2D eigenvalue weighted by atomic mass is 9.79. The molecular weight excluding hydrogens is 631 g/mol. The highest BCUT2D eigenvalue weighted by Crippen LogP contribution is 2.41. The van der Waals surface area contributed by atoms with Crippen LogP contribution >= 0.6 is 34.3 Å². The van der Waals surface area contributed by atoms with Gasteiger partial charge in [0.1, 0.15) is 0 Å². The quantitative estimate of drug-likeness (QED) is 0.202. The number of nitrogens with zero attached hydrogens (tertiary/aromatic N) is 4. The molecule has 0 bridgehead atoms. The number of rotatable bonds is 3. The maximum Gasteiger partial charge on any atom is 0.494 e. The Kier molecular flexibility index (Phi) is 9.23. The van der Waals surface area contributed by atoms with Crippen LogP contribution in [0.1, 0.15) is 103 Å². The average molecular weight is 681 g/mol. The number of fused-ring (bicyclic) bond motifs is 2. The summed E-state index contributed by atoms with van der Waals surface area (Å²) in [5.41, 5.74) is 3.02. The molecule has 10 heteroatoms. The minimum Gasteiger partial charge on any atom is -0.399 e. The van der Waals surface area contributed by atoms with Crippen molar-refractivity contribution in [1.82, 2.24) is 19.8 Å². The molecule has 2 aromatic carbocycles. The Morgan fingerprint density at radius 2 is 1.17 bits per heavy atom. The van der Waals surface area contributed by atoms with Crippen molar-refractivity contribution in [1.29, 1.82) is 0 Å². The normalized spacial score (nSPS) is 25.9. The zero-order chi connectivity index (χ0) is 33.2. The summed E-state index contributed by atoms with van der Waals surface area (Å²) in [6.07, 6.45) is 4.72. The Morgan fingerprint density at radius 3 is 1.65 bits per heavy atom. The zero-order valence-electron chi connectivity index (χ0n) is 29.2. The van der Waals surface area contributed by atoms with Gasteiger partial charge in [-0.05, 0) is 144 Å². The predicted molar refractivity (Wildman–Crippen MR) is 197 cm³/mol. The Balaban J connectivity index is 0.000000172. The molecule has 2 unspecified atom stereocenters. The number of hydrogen-bond acceptors (Lipinski definition) is 8. The van der Waals surface area contributed by atoms with Crippen LogP contribution in [0.5, 0.6) is 0 Å². The summed E-state index contributed by atoms with van der Waals surface area (Å²) in [5, 5.41) is 3.32. The second-order valence-corrected chi connectivity index (χ2v) is 18.4. The highest BCUT2D eigenvalue weighted by molar-refractivity contribution is 7.19. The largest absolute Gasteiger partial charge is 0.494 e. The molecule has 0 radical (unpaired) electrons. The number of hydrogen-bond donors (Lipinski definition) is 0. The summed E-state index contributed by atoms with van der Waals surface area (Å²) in [4.78, 5) is 14.7. The number of benzene rings is 2. The first-order chi connectivity index (χ1) is 21.4. The molecule has 3 aliphatic heterocycles. The van der Waals surface area contributed by atoms with Gasteiger partial charge in [-0.3, -0.25) is 0 Å². The third-order valence-electron chi connectivity index (χ3n) is 11.2. The predicted octanol–water partition coefficient (Wildman–Crippen LogP) is 8.72. The summed E-state index contributed by atoms with van der Waals surface area (Å²) < 4.78 is 14.9. The van der Waals surface area contributed by atoms with Crippen molar-refractivity contribution in [3.63, 3.8) is 0 Å². The van der Waals surface area contributed by atoms with E-state index in [1.165, 1.54) is 38.7 Å². The van der Waals surface area contributed by atoms with Crippen molar-refractivity contribution in [2.75, 3.05) is 27.2 Å². The molecule has 7 rings (SSSR count). The van der Waals surface area contributed by atoms with Crippen molar-refractivity contribution < 1.29 is 9.31 Å². The molecule has 0 amide bonds. The van der Waals surface area contributed by atoms with Gasteiger partial charge in [-0.15, -0.1) is 22.7 Å². The summed E-state index contributed by atoms with van der Waals surface area (Å²) in [6.45, 7) is 20.0. The van der Waals surface area contributed by atoms with Crippen molar-refractivity contribution >= 4 is 67.3 Å². The van der Waals surface area contributed by atoms with Gasteiger partial charge in [-0.1, -0.05) is 17.7 Å². The molecule has 3 saturated heterocycles. The lowest BCUT2D eigenvalue weighted by Crippen LogP contribution is -2.46. The summed E-state index contributed by atoms with van der Waals surface area (Å²) in [5.74, 6) is 1.14. The number of aromatic nitrogens is 2. The van der Waals surface area contributed by atoms with Gasteiger partial charge in [0.05, 0.1) is 41.7 Å². The van der Waals surface area contributed by atoms with Gasteiger partial charge in [0.25, 0.3) is 0 Å². The number of piperidine rings is 2. The fourth-order valence-corrected chi connectivity index (χ4v) is 9.13. The van der Waals surface area contributed by atoms with Gasteiger partial charge in [-0.2, -0.15) is 0 Å². The standard InChI is InChI=1S/C21H31BN2O2S.C15H19ClN2S/c1-19(2)13-14(10-11-24(19)7)18-23-16-12-15(8-9-17(16)27-18)22-25-20(3,4)21(5,6)26-22;1-15(2)9-10(6-7-18(15)3)14-17-12-8-11(16)4-5-13(12)19-14/h8-9,12,14H,10-11,13H2,1-7H3;4-5,8,10H,6-7,9H2,1-3H3. The summed E-state index contributed by atoms with van der Waals surface area (Å²) in [6, 6.07) is 12.5. The summed E-state index contributed by atoms with van der Waals surface area (Å²) in [7, 11) is 4.12. The minimum absolute atomic E-state index is 0.231.